The Bertz CT molecular complexity index is 706. The molecule has 0 radical (unpaired) electrons. The number of fused-ring (bicyclic) bond motifs is 3. The molecular formula is C19H21NO4. The van der Waals surface area contributed by atoms with Crippen LogP contribution in [0.4, 0.5) is 0 Å². The molecular weight excluding hydrogens is 306 g/mol. The first-order valence-corrected chi connectivity index (χ1v) is 8.02. The number of nitrogens with two attached hydrogens (primary N) is 1. The van der Waals surface area contributed by atoms with Crippen molar-refractivity contribution in [2.24, 2.45) is 11.7 Å². The first kappa shape index (κ1) is 16.6. The third-order valence-corrected chi connectivity index (χ3v) is 4.56. The number of hydrogen-bond donors (Lipinski definition) is 3. The average molecular weight is 327 g/mol. The molecule has 1 unspecified atom stereocenters. The van der Waals surface area contributed by atoms with E-state index in [1.807, 2.05) is 36.4 Å². The molecule has 0 spiro atoms. The zero-order valence-electron chi connectivity index (χ0n) is 13.5. The third kappa shape index (κ3) is 2.94. The first-order valence-electron chi connectivity index (χ1n) is 8.02. The van der Waals surface area contributed by atoms with Crippen LogP contribution in [0.15, 0.2) is 48.5 Å². The van der Waals surface area contributed by atoms with E-state index < -0.39 is 17.8 Å². The van der Waals surface area contributed by atoms with Gasteiger partial charge >= 0.3 is 5.97 Å². The maximum absolute atomic E-state index is 12.2. The van der Waals surface area contributed by atoms with E-state index in [9.17, 15) is 15.0 Å². The van der Waals surface area contributed by atoms with Gasteiger partial charge in [-0.05, 0) is 28.7 Å². The van der Waals surface area contributed by atoms with Crippen LogP contribution in [0.5, 0.6) is 0 Å². The average Bonchev–Trinajstić information content (AvgIpc) is 2.86. The predicted octanol–water partition coefficient (Wildman–Crippen LogP) is 1.97. The summed E-state index contributed by atoms with van der Waals surface area (Å²) in [5.41, 5.74) is 9.72. The van der Waals surface area contributed by atoms with Crippen LogP contribution in [0.25, 0.3) is 11.1 Å². The maximum atomic E-state index is 12.2. The van der Waals surface area contributed by atoms with Crippen molar-refractivity contribution in [3.63, 3.8) is 0 Å². The number of benzene rings is 2. The molecule has 1 aliphatic rings. The molecule has 5 nitrogen and oxygen atoms in total. The van der Waals surface area contributed by atoms with Gasteiger partial charge in [-0.25, -0.2) is 0 Å². The topological polar surface area (TPSA) is 92.8 Å². The van der Waals surface area contributed by atoms with E-state index in [-0.39, 0.29) is 18.9 Å². The van der Waals surface area contributed by atoms with Crippen molar-refractivity contribution in [1.29, 1.82) is 0 Å². The highest BCUT2D eigenvalue weighted by molar-refractivity contribution is 5.79. The number of hydrogen-bond acceptors (Lipinski definition) is 5. The van der Waals surface area contributed by atoms with Gasteiger partial charge < -0.3 is 14.9 Å². The molecule has 0 fully saturated rings. The van der Waals surface area contributed by atoms with E-state index in [4.69, 9.17) is 10.5 Å². The fraction of sp³-hybridized carbons (Fsp3) is 0.316. The van der Waals surface area contributed by atoms with Gasteiger partial charge in [0.25, 0.3) is 0 Å². The molecule has 0 aromatic heterocycles. The molecule has 1 atom stereocenters. The lowest BCUT2D eigenvalue weighted by Gasteiger charge is -2.25. The maximum Gasteiger partial charge on any atom is 0.315 e. The van der Waals surface area contributed by atoms with Gasteiger partial charge in [0.15, 0.2) is 0 Å². The van der Waals surface area contributed by atoms with Gasteiger partial charge in [-0.1, -0.05) is 55.5 Å². The first-order chi connectivity index (χ1) is 11.4. The molecule has 4 N–H and O–H groups in total. The Balaban J connectivity index is 1.82. The lowest BCUT2D eigenvalue weighted by Crippen LogP contribution is -2.50. The Hall–Kier alpha value is -2.21. The molecule has 2 aromatic rings. The van der Waals surface area contributed by atoms with Crippen molar-refractivity contribution in [2.45, 2.75) is 25.2 Å². The Kier molecular flexibility index (Phi) is 4.41. The third-order valence-electron chi connectivity index (χ3n) is 4.56. The molecule has 3 rings (SSSR count). The molecule has 126 valence electrons. The second-order valence-corrected chi connectivity index (χ2v) is 6.10. The van der Waals surface area contributed by atoms with Gasteiger partial charge in [-0.2, -0.15) is 0 Å². The summed E-state index contributed by atoms with van der Waals surface area (Å²) >= 11 is 0. The normalized spacial score (nSPS) is 14.8. The minimum Gasteiger partial charge on any atom is -0.464 e. The quantitative estimate of drug-likeness (QED) is 0.577. The number of carbonyl (C=O) groups is 1. The van der Waals surface area contributed by atoms with Crippen molar-refractivity contribution in [1.82, 2.24) is 0 Å². The summed E-state index contributed by atoms with van der Waals surface area (Å²) < 4.78 is 5.38. The van der Waals surface area contributed by atoms with Gasteiger partial charge in [-0.15, -0.1) is 0 Å². The minimum absolute atomic E-state index is 0.0663. The van der Waals surface area contributed by atoms with Crippen LogP contribution in [0, 0.1) is 5.92 Å². The van der Waals surface area contributed by atoms with Gasteiger partial charge in [0, 0.05) is 5.92 Å². The largest absolute Gasteiger partial charge is 0.464 e. The van der Waals surface area contributed by atoms with Crippen molar-refractivity contribution in [2.75, 3.05) is 6.61 Å². The fourth-order valence-electron chi connectivity index (χ4n) is 3.35. The molecule has 0 saturated heterocycles. The smallest absolute Gasteiger partial charge is 0.315 e. The van der Waals surface area contributed by atoms with E-state index >= 15 is 0 Å². The van der Waals surface area contributed by atoms with E-state index in [1.165, 1.54) is 0 Å². The van der Waals surface area contributed by atoms with E-state index in [0.717, 1.165) is 22.3 Å². The summed E-state index contributed by atoms with van der Waals surface area (Å²) in [6, 6.07) is 16.0. The van der Waals surface area contributed by atoms with Crippen molar-refractivity contribution >= 4 is 5.97 Å². The predicted molar refractivity (Wildman–Crippen MR) is 89.8 cm³/mol. The molecule has 0 amide bonds. The molecule has 5 heteroatoms. The van der Waals surface area contributed by atoms with E-state index in [0.29, 0.717) is 0 Å². The monoisotopic (exact) mass is 327 g/mol. The Morgan fingerprint density at radius 1 is 1.12 bits per heavy atom. The summed E-state index contributed by atoms with van der Waals surface area (Å²) in [5, 5.41) is 19.0. The second-order valence-electron chi connectivity index (χ2n) is 6.10. The zero-order chi connectivity index (χ0) is 17.3. The molecule has 0 heterocycles. The number of ether oxygens (including phenoxy) is 1. The Morgan fingerprint density at radius 3 is 2.08 bits per heavy atom. The van der Waals surface area contributed by atoms with Gasteiger partial charge in [0.2, 0.25) is 5.91 Å². The van der Waals surface area contributed by atoms with Crippen LogP contribution >= 0.6 is 0 Å². The van der Waals surface area contributed by atoms with E-state index in [2.05, 4.69) is 12.1 Å². The number of carbonyl (C=O) groups excluding carboxylic acids is 1. The van der Waals surface area contributed by atoms with Gasteiger partial charge in [0.05, 0.1) is 0 Å². The summed E-state index contributed by atoms with van der Waals surface area (Å²) in [6.07, 6.45) is 0.181. The van der Waals surface area contributed by atoms with Crippen LogP contribution in [0.2, 0.25) is 0 Å². The van der Waals surface area contributed by atoms with Gasteiger partial charge in [-0.3, -0.25) is 10.5 Å². The highest BCUT2D eigenvalue weighted by Gasteiger charge is 2.37. The SMILES string of the molecule is CCC(C(=O)OCC1c2ccccc2-c2ccccc21)C(N)(O)O. The van der Waals surface area contributed by atoms with Crippen LogP contribution in [0.3, 0.4) is 0 Å². The number of esters is 1. The molecule has 2 aromatic carbocycles. The molecule has 1 aliphatic carbocycles. The van der Waals surface area contributed by atoms with Crippen LogP contribution in [-0.2, 0) is 9.53 Å². The highest BCUT2D eigenvalue weighted by Crippen LogP contribution is 2.44. The lowest BCUT2D eigenvalue weighted by atomic mass is 9.97. The second kappa shape index (κ2) is 6.36. The van der Waals surface area contributed by atoms with Crippen LogP contribution < -0.4 is 5.73 Å². The summed E-state index contributed by atoms with van der Waals surface area (Å²) in [7, 11) is 0. The zero-order valence-corrected chi connectivity index (χ0v) is 13.5. The Morgan fingerprint density at radius 2 is 1.62 bits per heavy atom. The molecule has 0 saturated carbocycles. The van der Waals surface area contributed by atoms with Crippen LogP contribution in [0.1, 0.15) is 30.4 Å². The molecule has 0 aliphatic heterocycles. The van der Waals surface area contributed by atoms with E-state index in [1.54, 1.807) is 6.92 Å². The Labute approximate surface area is 140 Å². The van der Waals surface area contributed by atoms with Gasteiger partial charge in [0.1, 0.15) is 12.5 Å². The fourth-order valence-corrected chi connectivity index (χ4v) is 3.35. The molecule has 24 heavy (non-hydrogen) atoms. The summed E-state index contributed by atoms with van der Waals surface area (Å²) in [5.74, 6) is -4.52. The van der Waals surface area contributed by atoms with Crippen molar-refractivity contribution in [3.8, 4) is 11.1 Å². The number of aliphatic hydroxyl groups is 2. The van der Waals surface area contributed by atoms with Crippen molar-refractivity contribution in [3.05, 3.63) is 59.7 Å². The molecule has 0 bridgehead atoms. The standard InChI is InChI=1S/C19H21NO4/c1-2-17(19(20,22)23)18(21)24-11-16-14-9-5-3-7-12(14)13-8-4-6-10-15(13)16/h3-10,16-17,22-23H,2,11,20H2,1H3. The highest BCUT2D eigenvalue weighted by atomic mass is 16.6. The summed E-state index contributed by atoms with van der Waals surface area (Å²) in [6.45, 7) is 1.79. The number of rotatable bonds is 5. The summed E-state index contributed by atoms with van der Waals surface area (Å²) in [4.78, 5) is 12.2. The van der Waals surface area contributed by atoms with Crippen molar-refractivity contribution < 1.29 is 19.7 Å². The van der Waals surface area contributed by atoms with Crippen LogP contribution in [-0.4, -0.2) is 28.7 Å². The minimum atomic E-state index is -2.57. The lowest BCUT2D eigenvalue weighted by molar-refractivity contribution is -0.210.